The van der Waals surface area contributed by atoms with Gasteiger partial charge in [0.25, 0.3) is 0 Å². The predicted octanol–water partition coefficient (Wildman–Crippen LogP) is 2.98. The summed E-state index contributed by atoms with van der Waals surface area (Å²) in [6.45, 7) is 4.78. The van der Waals surface area contributed by atoms with Crippen molar-refractivity contribution in [3.63, 3.8) is 0 Å². The Morgan fingerprint density at radius 1 is 1.27 bits per heavy atom. The molecule has 0 amide bonds. The topological polar surface area (TPSA) is 0 Å². The molecule has 0 aliphatic carbocycles. The third-order valence-electron chi connectivity index (χ3n) is 4.05. The van der Waals surface area contributed by atoms with Crippen LogP contribution >= 0.6 is 7.92 Å². The van der Waals surface area contributed by atoms with Gasteiger partial charge in [-0.3, -0.25) is 0 Å². The summed E-state index contributed by atoms with van der Waals surface area (Å²) >= 11 is 0. The van der Waals surface area contributed by atoms with Crippen molar-refractivity contribution in [3.05, 3.63) is 11.1 Å². The number of rotatable bonds is 0. The van der Waals surface area contributed by atoms with Gasteiger partial charge in [-0.05, 0) is 38.8 Å². The first-order valence-electron chi connectivity index (χ1n) is 4.72. The van der Waals surface area contributed by atoms with Gasteiger partial charge in [-0.1, -0.05) is 19.1 Å². The van der Waals surface area contributed by atoms with Gasteiger partial charge in [0.05, 0.1) is 0 Å². The predicted molar refractivity (Wildman–Crippen MR) is 50.5 cm³/mol. The molecule has 60 valence electrons. The van der Waals surface area contributed by atoms with Crippen LogP contribution in [-0.4, -0.2) is 17.5 Å². The molecule has 0 saturated carbocycles. The summed E-state index contributed by atoms with van der Waals surface area (Å²) in [5.41, 5.74) is 5.79. The van der Waals surface area contributed by atoms with E-state index in [4.69, 9.17) is 0 Å². The van der Waals surface area contributed by atoms with Crippen molar-refractivity contribution in [2.45, 2.75) is 38.0 Å². The highest BCUT2D eigenvalue weighted by Crippen LogP contribution is 2.73. The van der Waals surface area contributed by atoms with Crippen LogP contribution in [-0.2, 0) is 0 Å². The lowest BCUT2D eigenvalue weighted by molar-refractivity contribution is 0.495. The van der Waals surface area contributed by atoms with Crippen molar-refractivity contribution in [3.8, 4) is 0 Å². The Balaban J connectivity index is 2.10. The van der Waals surface area contributed by atoms with Gasteiger partial charge in [0, 0.05) is 11.3 Å². The van der Waals surface area contributed by atoms with Gasteiger partial charge in [0.2, 0.25) is 0 Å². The maximum Gasteiger partial charge on any atom is 0.00347 e. The molecule has 0 spiro atoms. The van der Waals surface area contributed by atoms with E-state index in [0.29, 0.717) is 7.92 Å². The fourth-order valence-corrected chi connectivity index (χ4v) is 7.79. The molecular weight excluding hydrogens is 151 g/mol. The summed E-state index contributed by atoms with van der Waals surface area (Å²) in [5.74, 6) is 1.13. The fourth-order valence-electron chi connectivity index (χ4n) is 3.43. The molecule has 0 aromatic carbocycles. The first-order chi connectivity index (χ1) is 5.29. The lowest BCUT2D eigenvalue weighted by Gasteiger charge is -2.22. The van der Waals surface area contributed by atoms with Crippen LogP contribution in [0.4, 0.5) is 0 Å². The van der Waals surface area contributed by atoms with Gasteiger partial charge in [0.1, 0.15) is 0 Å². The largest absolute Gasteiger partial charge is 0.0917 e. The molecule has 0 aromatic rings. The normalized spacial score (nSPS) is 52.9. The van der Waals surface area contributed by atoms with E-state index in [1.54, 1.807) is 30.1 Å². The molecule has 2 fully saturated rings. The third kappa shape index (κ3) is 0.617. The van der Waals surface area contributed by atoms with Crippen molar-refractivity contribution in [2.24, 2.45) is 5.92 Å². The Morgan fingerprint density at radius 3 is 2.73 bits per heavy atom. The summed E-state index contributed by atoms with van der Waals surface area (Å²) in [6.07, 6.45) is 4.74. The molecule has 0 aromatic heterocycles. The van der Waals surface area contributed by atoms with Gasteiger partial charge < -0.3 is 0 Å². The Morgan fingerprint density at radius 2 is 2.09 bits per heavy atom. The fraction of sp³-hybridized carbons (Fsp3) is 0.800. The average Bonchev–Trinajstić information content (AvgIpc) is 2.61. The summed E-state index contributed by atoms with van der Waals surface area (Å²) in [6, 6.07) is 0. The highest BCUT2D eigenvalue weighted by Gasteiger charge is 2.53. The van der Waals surface area contributed by atoms with E-state index >= 15 is 0 Å². The molecule has 0 nitrogen and oxygen atoms in total. The van der Waals surface area contributed by atoms with Gasteiger partial charge in [0.15, 0.2) is 0 Å². The van der Waals surface area contributed by atoms with Crippen LogP contribution in [0.1, 0.15) is 26.7 Å². The molecule has 11 heavy (non-hydrogen) atoms. The van der Waals surface area contributed by atoms with E-state index in [0.717, 1.165) is 17.2 Å². The first kappa shape index (κ1) is 6.66. The molecule has 3 heterocycles. The molecule has 0 radical (unpaired) electrons. The lowest BCUT2D eigenvalue weighted by Crippen LogP contribution is -2.16. The van der Waals surface area contributed by atoms with Crippen LogP contribution < -0.4 is 0 Å². The van der Waals surface area contributed by atoms with Gasteiger partial charge >= 0.3 is 0 Å². The molecule has 2 saturated heterocycles. The zero-order chi connectivity index (χ0) is 7.59. The Hall–Kier alpha value is 0.170. The number of hydrogen-bond acceptors (Lipinski definition) is 0. The quantitative estimate of drug-likeness (QED) is 0.383. The second-order valence-electron chi connectivity index (χ2n) is 4.35. The molecule has 3 aliphatic heterocycles. The van der Waals surface area contributed by atoms with Crippen LogP contribution in [0.25, 0.3) is 0 Å². The zero-order valence-corrected chi connectivity index (χ0v) is 8.20. The van der Waals surface area contributed by atoms with Crippen molar-refractivity contribution in [1.29, 1.82) is 0 Å². The molecule has 4 bridgehead atoms. The molecule has 1 heteroatoms. The van der Waals surface area contributed by atoms with Crippen molar-refractivity contribution < 1.29 is 0 Å². The highest BCUT2D eigenvalue weighted by molar-refractivity contribution is 7.61. The second kappa shape index (κ2) is 1.91. The smallest absolute Gasteiger partial charge is 0.00347 e. The second-order valence-corrected chi connectivity index (χ2v) is 7.00. The molecule has 0 N–H and O–H groups in total. The minimum Gasteiger partial charge on any atom is -0.0917 e. The van der Waals surface area contributed by atoms with Crippen LogP contribution in [0.15, 0.2) is 11.1 Å². The average molecular weight is 166 g/mol. The van der Waals surface area contributed by atoms with E-state index in [2.05, 4.69) is 13.8 Å². The Bertz CT molecular complexity index is 241. The molecule has 1 unspecified atom stereocenters. The third-order valence-corrected chi connectivity index (χ3v) is 7.75. The minimum atomic E-state index is 0.467. The van der Waals surface area contributed by atoms with Gasteiger partial charge in [-0.2, -0.15) is 0 Å². The number of allylic oxidation sites excluding steroid dienone is 2. The standard InChI is InChI=1S/C10H15P/c1-6-7(2)10-8-3-4-11(10)9(6)5-8/h8-10H,3-5H2,1-2H3/t8-,9+,10+,11?/m1/s1. The zero-order valence-electron chi connectivity index (χ0n) is 7.30. The van der Waals surface area contributed by atoms with Gasteiger partial charge in [-0.15, -0.1) is 0 Å². The van der Waals surface area contributed by atoms with Crippen LogP contribution in [0.2, 0.25) is 0 Å². The molecule has 3 aliphatic rings. The molecule has 3 rings (SSSR count). The van der Waals surface area contributed by atoms with Crippen molar-refractivity contribution >= 4 is 7.92 Å². The van der Waals surface area contributed by atoms with E-state index in [9.17, 15) is 0 Å². The minimum absolute atomic E-state index is 0.467. The summed E-state index contributed by atoms with van der Waals surface area (Å²) in [5, 5.41) is 0. The van der Waals surface area contributed by atoms with E-state index in [1.807, 2.05) is 0 Å². The van der Waals surface area contributed by atoms with Crippen LogP contribution in [0.3, 0.4) is 0 Å². The van der Waals surface area contributed by atoms with E-state index < -0.39 is 0 Å². The van der Waals surface area contributed by atoms with Crippen molar-refractivity contribution in [2.75, 3.05) is 6.16 Å². The van der Waals surface area contributed by atoms with Crippen LogP contribution in [0, 0.1) is 5.92 Å². The van der Waals surface area contributed by atoms with E-state index in [1.165, 1.54) is 0 Å². The Labute approximate surface area is 69.8 Å². The first-order valence-corrected chi connectivity index (χ1v) is 6.38. The van der Waals surface area contributed by atoms with E-state index in [-0.39, 0.29) is 0 Å². The number of hydrogen-bond donors (Lipinski definition) is 0. The maximum absolute atomic E-state index is 2.40. The molecular formula is C10H15P. The SMILES string of the molecule is CC1=C(C)[C@H]2[C@@H]3CCP2[C@H]1C3. The summed E-state index contributed by atoms with van der Waals surface area (Å²) in [7, 11) is 0.467. The lowest BCUT2D eigenvalue weighted by atomic mass is 9.84. The summed E-state index contributed by atoms with van der Waals surface area (Å²) < 4.78 is 0. The maximum atomic E-state index is 2.40. The summed E-state index contributed by atoms with van der Waals surface area (Å²) in [4.78, 5) is 0. The highest BCUT2D eigenvalue weighted by atomic mass is 31.1. The van der Waals surface area contributed by atoms with Crippen LogP contribution in [0.5, 0.6) is 0 Å². The Kier molecular flexibility index (Phi) is 1.16. The monoisotopic (exact) mass is 166 g/mol. The van der Waals surface area contributed by atoms with Gasteiger partial charge in [-0.25, -0.2) is 0 Å². The molecule has 4 atom stereocenters. The van der Waals surface area contributed by atoms with Crippen molar-refractivity contribution in [1.82, 2.24) is 0 Å².